The van der Waals surface area contributed by atoms with E-state index in [4.69, 9.17) is 0 Å². The molecule has 1 fully saturated rings. The summed E-state index contributed by atoms with van der Waals surface area (Å²) in [4.78, 5) is 2.70. The van der Waals surface area contributed by atoms with Crippen LogP contribution in [-0.2, 0) is 0 Å². The monoisotopic (exact) mass is 244 g/mol. The molecule has 1 saturated heterocycles. The molecule has 1 atom stereocenters. The molecule has 1 aliphatic rings. The smallest absolute Gasteiger partial charge is 0.0220 e. The summed E-state index contributed by atoms with van der Waals surface area (Å²) in [5.74, 6) is 1.31. The minimum atomic E-state index is 0.620. The molecule has 2 nitrogen and oxygen atoms in total. The Balaban J connectivity index is 2.26. The van der Waals surface area contributed by atoms with Gasteiger partial charge in [0.15, 0.2) is 0 Å². The summed E-state index contributed by atoms with van der Waals surface area (Å²) in [5, 5.41) is 3.59. The van der Waals surface area contributed by atoms with Gasteiger partial charge in [-0.05, 0) is 44.4 Å². The van der Waals surface area contributed by atoms with E-state index in [1.807, 2.05) is 11.8 Å². The Bertz CT molecular complexity index is 173. The maximum Gasteiger partial charge on any atom is 0.0220 e. The van der Waals surface area contributed by atoms with Crippen LogP contribution in [0.15, 0.2) is 0 Å². The lowest BCUT2D eigenvalue weighted by Gasteiger charge is -2.36. The number of rotatable bonds is 7. The first-order valence-corrected chi connectivity index (χ1v) is 8.09. The zero-order chi connectivity index (χ0) is 11.8. The number of nitrogens with zero attached hydrogens (tertiary/aromatic N) is 1. The molecule has 1 rings (SSSR count). The van der Waals surface area contributed by atoms with E-state index in [1.54, 1.807) is 0 Å². The molecule has 0 aliphatic carbocycles. The number of thioether (sulfide) groups is 1. The van der Waals surface area contributed by atoms with Crippen molar-refractivity contribution < 1.29 is 0 Å². The molecule has 1 N–H and O–H groups in total. The molecule has 0 aromatic rings. The Morgan fingerprint density at radius 2 is 2.19 bits per heavy atom. The number of piperidine rings is 1. The molecular weight excluding hydrogens is 216 g/mol. The molecule has 96 valence electrons. The topological polar surface area (TPSA) is 15.3 Å². The van der Waals surface area contributed by atoms with Crippen LogP contribution in [0.3, 0.4) is 0 Å². The van der Waals surface area contributed by atoms with Gasteiger partial charge < -0.3 is 5.32 Å². The zero-order valence-corrected chi connectivity index (χ0v) is 12.0. The summed E-state index contributed by atoms with van der Waals surface area (Å²) >= 11 is 1.97. The van der Waals surface area contributed by atoms with Crippen molar-refractivity contribution in [2.24, 2.45) is 0 Å². The Labute approximate surface area is 106 Å². The van der Waals surface area contributed by atoms with Crippen molar-refractivity contribution in [3.8, 4) is 0 Å². The van der Waals surface area contributed by atoms with Crippen molar-refractivity contribution in [3.05, 3.63) is 0 Å². The molecule has 1 unspecified atom stereocenters. The second kappa shape index (κ2) is 8.37. The van der Waals surface area contributed by atoms with E-state index in [0.717, 1.165) is 6.04 Å². The van der Waals surface area contributed by atoms with Crippen molar-refractivity contribution in [2.75, 3.05) is 31.6 Å². The molecule has 0 aromatic heterocycles. The highest BCUT2D eigenvalue weighted by Crippen LogP contribution is 2.17. The lowest BCUT2D eigenvalue weighted by molar-refractivity contribution is 0.144. The molecule has 0 radical (unpaired) electrons. The minimum Gasteiger partial charge on any atom is -0.313 e. The van der Waals surface area contributed by atoms with E-state index < -0.39 is 0 Å². The van der Waals surface area contributed by atoms with Gasteiger partial charge in [-0.3, -0.25) is 4.90 Å². The predicted molar refractivity (Wildman–Crippen MR) is 75.3 cm³/mol. The molecule has 0 bridgehead atoms. The maximum absolute atomic E-state index is 3.59. The molecule has 0 saturated carbocycles. The largest absolute Gasteiger partial charge is 0.313 e. The number of nitrogens with one attached hydrogen (secondary N) is 1. The van der Waals surface area contributed by atoms with E-state index in [9.17, 15) is 0 Å². The van der Waals surface area contributed by atoms with E-state index in [2.05, 4.69) is 30.3 Å². The van der Waals surface area contributed by atoms with Crippen LogP contribution in [0.2, 0.25) is 0 Å². The molecule has 0 spiro atoms. The van der Waals surface area contributed by atoms with Crippen molar-refractivity contribution in [1.29, 1.82) is 0 Å². The van der Waals surface area contributed by atoms with E-state index in [1.165, 1.54) is 51.1 Å². The second-order valence-corrected chi connectivity index (χ2v) is 6.08. The lowest BCUT2D eigenvalue weighted by Crippen LogP contribution is -2.47. The number of hydrogen-bond acceptors (Lipinski definition) is 3. The molecule has 0 amide bonds. The summed E-state index contributed by atoms with van der Waals surface area (Å²) in [6.45, 7) is 8.27. The van der Waals surface area contributed by atoms with Crippen LogP contribution >= 0.6 is 11.8 Å². The summed E-state index contributed by atoms with van der Waals surface area (Å²) in [6.07, 6.45) is 7.76. The summed E-state index contributed by atoms with van der Waals surface area (Å²) < 4.78 is 0. The molecule has 1 aliphatic heterocycles. The highest BCUT2D eigenvalue weighted by molar-refractivity contribution is 7.98. The average molecular weight is 244 g/mol. The summed E-state index contributed by atoms with van der Waals surface area (Å²) in [5.41, 5.74) is 0. The van der Waals surface area contributed by atoms with Crippen LogP contribution in [0.4, 0.5) is 0 Å². The average Bonchev–Trinajstić information content (AvgIpc) is 2.28. The normalized spacial score (nSPS) is 22.9. The van der Waals surface area contributed by atoms with Gasteiger partial charge in [0.2, 0.25) is 0 Å². The van der Waals surface area contributed by atoms with Crippen molar-refractivity contribution >= 4 is 11.8 Å². The Morgan fingerprint density at radius 1 is 1.38 bits per heavy atom. The Morgan fingerprint density at radius 3 is 2.88 bits per heavy atom. The lowest BCUT2D eigenvalue weighted by atomic mass is 10.0. The van der Waals surface area contributed by atoms with Gasteiger partial charge in [-0.15, -0.1) is 0 Å². The molecule has 16 heavy (non-hydrogen) atoms. The fraction of sp³-hybridized carbons (Fsp3) is 1.00. The summed E-state index contributed by atoms with van der Waals surface area (Å²) in [6, 6.07) is 1.41. The first kappa shape index (κ1) is 14.3. The fourth-order valence-corrected chi connectivity index (χ4v) is 2.79. The minimum absolute atomic E-state index is 0.620. The molecular formula is C13H28N2S. The third-order valence-corrected chi connectivity index (χ3v) is 4.00. The van der Waals surface area contributed by atoms with Crippen molar-refractivity contribution in [1.82, 2.24) is 10.2 Å². The van der Waals surface area contributed by atoms with Gasteiger partial charge in [0, 0.05) is 18.6 Å². The Hall–Kier alpha value is 0.270. The van der Waals surface area contributed by atoms with Crippen LogP contribution < -0.4 is 5.32 Å². The quantitative estimate of drug-likeness (QED) is 0.693. The number of hydrogen-bond donors (Lipinski definition) is 1. The highest BCUT2D eigenvalue weighted by Gasteiger charge is 2.21. The SMILES string of the molecule is CSCCCN1CCCCC1CNC(C)C. The summed E-state index contributed by atoms with van der Waals surface area (Å²) in [7, 11) is 0. The third kappa shape index (κ3) is 5.55. The van der Waals surface area contributed by atoms with Crippen LogP contribution in [0, 0.1) is 0 Å². The Kier molecular flexibility index (Phi) is 7.50. The zero-order valence-electron chi connectivity index (χ0n) is 11.2. The fourth-order valence-electron chi connectivity index (χ4n) is 2.37. The third-order valence-electron chi connectivity index (χ3n) is 3.30. The molecule has 0 aromatic carbocycles. The van der Waals surface area contributed by atoms with E-state index in [-0.39, 0.29) is 0 Å². The standard InChI is InChI=1S/C13H28N2S/c1-12(2)14-11-13-7-4-5-8-15(13)9-6-10-16-3/h12-14H,4-11H2,1-3H3. The molecule has 1 heterocycles. The van der Waals surface area contributed by atoms with Crippen molar-refractivity contribution in [2.45, 2.75) is 51.6 Å². The van der Waals surface area contributed by atoms with Gasteiger partial charge in [0.1, 0.15) is 0 Å². The van der Waals surface area contributed by atoms with Crippen LogP contribution in [0.25, 0.3) is 0 Å². The first-order valence-electron chi connectivity index (χ1n) is 6.70. The highest BCUT2D eigenvalue weighted by atomic mass is 32.2. The van der Waals surface area contributed by atoms with Gasteiger partial charge in [0.05, 0.1) is 0 Å². The maximum atomic E-state index is 3.59. The van der Waals surface area contributed by atoms with E-state index in [0.29, 0.717) is 6.04 Å². The predicted octanol–water partition coefficient (Wildman–Crippen LogP) is 2.59. The van der Waals surface area contributed by atoms with Gasteiger partial charge >= 0.3 is 0 Å². The van der Waals surface area contributed by atoms with Crippen LogP contribution in [0.5, 0.6) is 0 Å². The van der Waals surface area contributed by atoms with Gasteiger partial charge in [-0.2, -0.15) is 11.8 Å². The number of likely N-dealkylation sites (tertiary alicyclic amines) is 1. The van der Waals surface area contributed by atoms with Gasteiger partial charge in [0.25, 0.3) is 0 Å². The van der Waals surface area contributed by atoms with Gasteiger partial charge in [-0.25, -0.2) is 0 Å². The first-order chi connectivity index (χ1) is 7.74. The second-order valence-electron chi connectivity index (χ2n) is 5.09. The van der Waals surface area contributed by atoms with Crippen LogP contribution in [0.1, 0.15) is 39.5 Å². The molecule has 3 heteroatoms. The van der Waals surface area contributed by atoms with Gasteiger partial charge in [-0.1, -0.05) is 20.3 Å². The van der Waals surface area contributed by atoms with Crippen LogP contribution in [-0.4, -0.2) is 48.6 Å². The van der Waals surface area contributed by atoms with E-state index >= 15 is 0 Å². The van der Waals surface area contributed by atoms with Crippen molar-refractivity contribution in [3.63, 3.8) is 0 Å².